The van der Waals surface area contributed by atoms with E-state index in [2.05, 4.69) is 4.98 Å². The largest absolute Gasteiger partial charge is 0.348 e. The highest BCUT2D eigenvalue weighted by Crippen LogP contribution is 2.39. The smallest absolute Gasteiger partial charge is 0.232 e. The first-order chi connectivity index (χ1) is 12.9. The first kappa shape index (κ1) is 19.0. The van der Waals surface area contributed by atoms with E-state index < -0.39 is 11.8 Å². The van der Waals surface area contributed by atoms with Crippen LogP contribution in [0.1, 0.15) is 28.0 Å². The van der Waals surface area contributed by atoms with Crippen LogP contribution in [0, 0.1) is 17.0 Å². The summed E-state index contributed by atoms with van der Waals surface area (Å²) in [6.07, 6.45) is 0. The van der Waals surface area contributed by atoms with Gasteiger partial charge in [0.2, 0.25) is 12.5 Å². The molecule has 0 spiro atoms. The van der Waals surface area contributed by atoms with Crippen molar-refractivity contribution < 1.29 is 9.72 Å². The highest BCUT2D eigenvalue weighted by Gasteiger charge is 2.38. The molecule has 2 aromatic carbocycles. The fourth-order valence-corrected chi connectivity index (χ4v) is 4.42. The number of likely N-dealkylation sites (N-methyl/N-ethyl adjacent to an activating group) is 1. The van der Waals surface area contributed by atoms with Gasteiger partial charge in [-0.25, -0.2) is 4.98 Å². The lowest BCUT2D eigenvalue weighted by Gasteiger charge is -2.26. The second kappa shape index (κ2) is 7.84. The zero-order valence-electron chi connectivity index (χ0n) is 15.5. The average molecular weight is 383 g/mol. The van der Waals surface area contributed by atoms with Gasteiger partial charge in [-0.1, -0.05) is 36.4 Å². The number of nitrogens with zero attached hydrogens (tertiary/aromatic N) is 3. The minimum atomic E-state index is -0.705. The van der Waals surface area contributed by atoms with Gasteiger partial charge in [-0.2, -0.15) is 0 Å². The highest BCUT2D eigenvalue weighted by atomic mass is 32.1. The predicted molar refractivity (Wildman–Crippen MR) is 107 cm³/mol. The molecule has 3 rings (SSSR count). The molecule has 0 fully saturated rings. The summed E-state index contributed by atoms with van der Waals surface area (Å²) in [5, 5.41) is 12.1. The predicted octanol–water partition coefficient (Wildman–Crippen LogP) is 3.84. The van der Waals surface area contributed by atoms with Crippen molar-refractivity contribution >= 4 is 27.5 Å². The van der Waals surface area contributed by atoms with Crippen molar-refractivity contribution in [3.8, 4) is 0 Å². The Bertz CT molecular complexity index is 950. The van der Waals surface area contributed by atoms with Gasteiger partial charge in [0.1, 0.15) is 10.9 Å². The SMILES string of the molecule is Cc1ccccc1[C@H](C[N+](=O)[O-])[C@@H](C(=O)N(C)C)c1nc2ccccc2s1. The molecule has 7 heteroatoms. The van der Waals surface area contributed by atoms with Crippen molar-refractivity contribution in [3.63, 3.8) is 0 Å². The Balaban J connectivity index is 2.18. The van der Waals surface area contributed by atoms with Crippen LogP contribution in [0.5, 0.6) is 0 Å². The number of carbonyl (C=O) groups is 1. The number of aromatic nitrogens is 1. The average Bonchev–Trinajstić information content (AvgIpc) is 3.04. The molecule has 0 N–H and O–H groups in total. The molecule has 6 nitrogen and oxygen atoms in total. The van der Waals surface area contributed by atoms with Crippen LogP contribution in [-0.2, 0) is 4.79 Å². The molecule has 1 amide bonds. The maximum absolute atomic E-state index is 13.1. The third-order valence-electron chi connectivity index (χ3n) is 4.62. The number of aryl methyl sites for hydroxylation is 1. The summed E-state index contributed by atoms with van der Waals surface area (Å²) in [7, 11) is 3.34. The maximum atomic E-state index is 13.1. The summed E-state index contributed by atoms with van der Waals surface area (Å²) >= 11 is 1.43. The van der Waals surface area contributed by atoms with Crippen molar-refractivity contribution in [2.24, 2.45) is 0 Å². The summed E-state index contributed by atoms with van der Waals surface area (Å²) in [5.41, 5.74) is 2.55. The minimum Gasteiger partial charge on any atom is -0.348 e. The third-order valence-corrected chi connectivity index (χ3v) is 5.74. The lowest BCUT2D eigenvalue weighted by atomic mass is 9.83. The molecule has 2 atom stereocenters. The molecular formula is C20H21N3O3S. The van der Waals surface area contributed by atoms with Crippen molar-refractivity contribution in [1.82, 2.24) is 9.88 Å². The summed E-state index contributed by atoms with van der Waals surface area (Å²) in [6.45, 7) is 1.59. The minimum absolute atomic E-state index is 0.177. The molecular weight excluding hydrogens is 362 g/mol. The standard InChI is InChI=1S/C20H21N3O3S/c1-13-8-4-5-9-14(13)15(12-23(25)26)18(20(24)22(2)3)19-21-16-10-6-7-11-17(16)27-19/h4-11,15,18H,12H2,1-3H3/t15-,18+/m0/s1. The van der Waals surface area contributed by atoms with E-state index in [9.17, 15) is 14.9 Å². The van der Waals surface area contributed by atoms with Crippen molar-refractivity contribution in [2.75, 3.05) is 20.6 Å². The number of amides is 1. The summed E-state index contributed by atoms with van der Waals surface area (Å²) < 4.78 is 0.966. The Morgan fingerprint density at radius 1 is 1.19 bits per heavy atom. The molecule has 0 unspecified atom stereocenters. The Kier molecular flexibility index (Phi) is 5.51. The molecule has 0 bridgehead atoms. The first-order valence-electron chi connectivity index (χ1n) is 8.62. The second-order valence-electron chi connectivity index (χ2n) is 6.71. The Labute approximate surface area is 161 Å². The fourth-order valence-electron chi connectivity index (χ4n) is 3.30. The molecule has 3 aromatic rings. The molecule has 0 aliphatic rings. The number of hydrogen-bond donors (Lipinski definition) is 0. The van der Waals surface area contributed by atoms with Crippen LogP contribution in [0.15, 0.2) is 48.5 Å². The lowest BCUT2D eigenvalue weighted by molar-refractivity contribution is -0.483. The molecule has 0 saturated carbocycles. The maximum Gasteiger partial charge on any atom is 0.232 e. The van der Waals surface area contributed by atoms with Gasteiger partial charge >= 0.3 is 0 Å². The lowest BCUT2D eigenvalue weighted by Crippen LogP contribution is -2.34. The molecule has 0 aliphatic carbocycles. The Morgan fingerprint density at radius 2 is 1.85 bits per heavy atom. The molecule has 0 radical (unpaired) electrons. The van der Waals surface area contributed by atoms with E-state index in [1.165, 1.54) is 16.2 Å². The van der Waals surface area contributed by atoms with E-state index in [4.69, 9.17) is 0 Å². The fraction of sp³-hybridized carbons (Fsp3) is 0.300. The van der Waals surface area contributed by atoms with Crippen LogP contribution >= 0.6 is 11.3 Å². The summed E-state index contributed by atoms with van der Waals surface area (Å²) in [6, 6.07) is 15.2. The second-order valence-corrected chi connectivity index (χ2v) is 7.77. The number of rotatable bonds is 6. The molecule has 0 saturated heterocycles. The number of hydrogen-bond acceptors (Lipinski definition) is 5. The van der Waals surface area contributed by atoms with Gasteiger partial charge in [0.05, 0.1) is 16.1 Å². The van der Waals surface area contributed by atoms with Gasteiger partial charge in [-0.3, -0.25) is 14.9 Å². The highest BCUT2D eigenvalue weighted by molar-refractivity contribution is 7.18. The number of thiazole rings is 1. The van der Waals surface area contributed by atoms with Gasteiger partial charge in [0.25, 0.3) is 0 Å². The van der Waals surface area contributed by atoms with Crippen LogP contribution < -0.4 is 0 Å². The van der Waals surface area contributed by atoms with E-state index in [0.717, 1.165) is 21.3 Å². The number of fused-ring (bicyclic) bond motifs is 1. The van der Waals surface area contributed by atoms with Gasteiger partial charge in [0.15, 0.2) is 0 Å². The number of para-hydroxylation sites is 1. The van der Waals surface area contributed by atoms with E-state index in [-0.39, 0.29) is 17.4 Å². The molecule has 27 heavy (non-hydrogen) atoms. The van der Waals surface area contributed by atoms with Gasteiger partial charge in [-0.05, 0) is 30.2 Å². The first-order valence-corrected chi connectivity index (χ1v) is 9.44. The number of carbonyl (C=O) groups excluding carboxylic acids is 1. The Hall–Kier alpha value is -2.80. The topological polar surface area (TPSA) is 76.3 Å². The van der Waals surface area contributed by atoms with E-state index in [1.54, 1.807) is 14.1 Å². The molecule has 1 heterocycles. The van der Waals surface area contributed by atoms with Gasteiger partial charge in [0, 0.05) is 19.0 Å². The number of benzene rings is 2. The zero-order chi connectivity index (χ0) is 19.6. The van der Waals surface area contributed by atoms with Crippen LogP contribution in [0.3, 0.4) is 0 Å². The summed E-state index contributed by atoms with van der Waals surface area (Å²) in [5.74, 6) is -1.47. The number of nitro groups is 1. The van der Waals surface area contributed by atoms with E-state index in [0.29, 0.717) is 5.01 Å². The quantitative estimate of drug-likeness (QED) is 0.479. The van der Waals surface area contributed by atoms with Crippen LogP contribution in [0.25, 0.3) is 10.2 Å². The van der Waals surface area contributed by atoms with Crippen LogP contribution in [0.2, 0.25) is 0 Å². The van der Waals surface area contributed by atoms with Crippen molar-refractivity contribution in [1.29, 1.82) is 0 Å². The zero-order valence-corrected chi connectivity index (χ0v) is 16.3. The van der Waals surface area contributed by atoms with Crippen LogP contribution in [0.4, 0.5) is 0 Å². The molecule has 140 valence electrons. The van der Waals surface area contributed by atoms with Crippen LogP contribution in [-0.4, -0.2) is 41.4 Å². The van der Waals surface area contributed by atoms with Crippen molar-refractivity contribution in [2.45, 2.75) is 18.8 Å². The monoisotopic (exact) mass is 383 g/mol. The molecule has 1 aromatic heterocycles. The molecule has 0 aliphatic heterocycles. The normalized spacial score (nSPS) is 13.3. The van der Waals surface area contributed by atoms with Gasteiger partial charge in [-0.15, -0.1) is 11.3 Å². The van der Waals surface area contributed by atoms with E-state index in [1.807, 2.05) is 55.5 Å². The third kappa shape index (κ3) is 3.98. The Morgan fingerprint density at radius 3 is 2.48 bits per heavy atom. The van der Waals surface area contributed by atoms with Gasteiger partial charge < -0.3 is 4.90 Å². The van der Waals surface area contributed by atoms with E-state index >= 15 is 0 Å². The van der Waals surface area contributed by atoms with Crippen molar-refractivity contribution in [3.05, 3.63) is 74.8 Å². The summed E-state index contributed by atoms with van der Waals surface area (Å²) in [4.78, 5) is 30.3.